The first-order valence-corrected chi connectivity index (χ1v) is 9.60. The number of carbonyl (C=O) groups excluding carboxylic acids is 2. The van der Waals surface area contributed by atoms with Gasteiger partial charge in [0.1, 0.15) is 5.75 Å². The molecule has 0 aliphatic carbocycles. The number of allylic oxidation sites excluding steroid dienone is 4. The topological polar surface area (TPSA) is 91.1 Å². The van der Waals surface area contributed by atoms with Crippen LogP contribution < -0.4 is 4.74 Å². The second-order valence-electron chi connectivity index (χ2n) is 6.96. The Balaban J connectivity index is 2.72. The van der Waals surface area contributed by atoms with Gasteiger partial charge < -0.3 is 15.6 Å². The number of hydrogen-bond donors (Lipinski definition) is 2. The van der Waals surface area contributed by atoms with E-state index in [1.807, 2.05) is 19.9 Å². The lowest BCUT2D eigenvalue weighted by atomic mass is 9.95. The third-order valence-corrected chi connectivity index (χ3v) is 4.56. The molecule has 0 radical (unpaired) electrons. The molecule has 0 fully saturated rings. The van der Waals surface area contributed by atoms with Crippen LogP contribution >= 0.6 is 0 Å². The zero-order valence-electron chi connectivity index (χ0n) is 17.7. The van der Waals surface area contributed by atoms with Crippen molar-refractivity contribution in [3.05, 3.63) is 59.7 Å². The van der Waals surface area contributed by atoms with Crippen LogP contribution in [-0.2, 0) is 4.79 Å². The third kappa shape index (κ3) is 7.45. The number of methoxy groups -OCH3 is 1. The zero-order valence-corrected chi connectivity index (χ0v) is 17.7. The molecule has 1 rings (SSSR count). The third-order valence-electron chi connectivity index (χ3n) is 4.56. The van der Waals surface area contributed by atoms with Gasteiger partial charge in [0.2, 0.25) is 5.78 Å². The van der Waals surface area contributed by atoms with Gasteiger partial charge in [-0.1, -0.05) is 31.7 Å². The Kier molecular flexibility index (Phi) is 9.66. The van der Waals surface area contributed by atoms with Gasteiger partial charge in [-0.2, -0.15) is 0 Å². The number of hydrogen-bond acceptors (Lipinski definition) is 5. The summed E-state index contributed by atoms with van der Waals surface area (Å²) >= 11 is 0. The van der Waals surface area contributed by atoms with Gasteiger partial charge in [-0.3, -0.25) is 9.59 Å². The monoisotopic (exact) mass is 394 g/mol. The minimum atomic E-state index is -0.402. The molecule has 0 aromatic heterocycles. The van der Waals surface area contributed by atoms with Crippen LogP contribution in [0.1, 0.15) is 56.0 Å². The molecule has 2 N–H and O–H groups in total. The number of ether oxygens (including phenoxy) is 1. The van der Waals surface area contributed by atoms with Crippen molar-refractivity contribution in [2.75, 3.05) is 7.11 Å². The summed E-state index contributed by atoms with van der Waals surface area (Å²) in [6, 6.07) is 5.06. The fourth-order valence-corrected chi connectivity index (χ4v) is 2.73. The largest absolute Gasteiger partial charge is 0.496 e. The van der Waals surface area contributed by atoms with Gasteiger partial charge in [-0.25, -0.2) is 0 Å². The molecule has 0 saturated heterocycles. The molecule has 0 saturated carbocycles. The first kappa shape index (κ1) is 24.0. The quantitative estimate of drug-likeness (QED) is 0.280. The van der Waals surface area contributed by atoms with E-state index < -0.39 is 5.78 Å². The van der Waals surface area contributed by atoms with Crippen LogP contribution in [0.5, 0.6) is 5.75 Å². The maximum absolute atomic E-state index is 12.4. The van der Waals surface area contributed by atoms with Crippen LogP contribution in [0.25, 0.3) is 6.08 Å². The Hall–Kier alpha value is -3.08. The van der Waals surface area contributed by atoms with Crippen LogP contribution in [0.3, 0.4) is 0 Å². The fraction of sp³-hybridized carbons (Fsp3) is 0.333. The summed E-state index contributed by atoms with van der Waals surface area (Å²) in [6.45, 7) is 9.09. The van der Waals surface area contributed by atoms with Gasteiger partial charge in [0.05, 0.1) is 24.1 Å². The van der Waals surface area contributed by atoms with Crippen molar-refractivity contribution in [3.63, 3.8) is 0 Å². The maximum Gasteiger partial charge on any atom is 0.209 e. The van der Waals surface area contributed by atoms with Gasteiger partial charge in [0.15, 0.2) is 5.78 Å². The molecule has 0 heterocycles. The van der Waals surface area contributed by atoms with E-state index in [0.717, 1.165) is 12.0 Å². The van der Waals surface area contributed by atoms with E-state index in [1.165, 1.54) is 20.1 Å². The summed E-state index contributed by atoms with van der Waals surface area (Å²) in [5.41, 5.74) is 2.14. The Bertz CT molecular complexity index is 863. The highest BCUT2D eigenvalue weighted by Gasteiger charge is 2.15. The van der Waals surface area contributed by atoms with E-state index >= 15 is 0 Å². The molecular weight excluding hydrogens is 364 g/mol. The van der Waals surface area contributed by atoms with Crippen molar-refractivity contribution < 1.29 is 14.3 Å². The molecule has 1 aromatic rings. The van der Waals surface area contributed by atoms with E-state index in [-0.39, 0.29) is 17.4 Å². The van der Waals surface area contributed by atoms with Crippen LogP contribution in [0.15, 0.2) is 48.6 Å². The SMILES string of the molecule is C=C(CCCC(C)C(=O)C=Cc1ccc(OC)c(C(=O)C(C)=N)c1)C(=N)/C=C/C. The normalized spacial score (nSPS) is 12.1. The highest BCUT2D eigenvalue weighted by Crippen LogP contribution is 2.22. The van der Waals surface area contributed by atoms with Crippen LogP contribution in [0.2, 0.25) is 0 Å². The van der Waals surface area contributed by atoms with Gasteiger partial charge in [-0.05, 0) is 68.5 Å². The first-order chi connectivity index (χ1) is 13.7. The summed E-state index contributed by atoms with van der Waals surface area (Å²) in [5, 5.41) is 15.4. The minimum absolute atomic E-state index is 0.00562. The summed E-state index contributed by atoms with van der Waals surface area (Å²) in [6.07, 6.45) is 8.92. The lowest BCUT2D eigenvalue weighted by Crippen LogP contribution is -2.11. The predicted octanol–water partition coefficient (Wildman–Crippen LogP) is 5.46. The minimum Gasteiger partial charge on any atom is -0.496 e. The molecule has 1 aromatic carbocycles. The number of nitrogens with one attached hydrogen (secondary N) is 2. The van der Waals surface area contributed by atoms with Gasteiger partial charge in [0.25, 0.3) is 0 Å². The molecule has 1 unspecified atom stereocenters. The predicted molar refractivity (Wildman–Crippen MR) is 119 cm³/mol. The van der Waals surface area contributed by atoms with Crippen molar-refractivity contribution >= 4 is 29.1 Å². The molecule has 0 aliphatic heterocycles. The molecule has 0 bridgehead atoms. The highest BCUT2D eigenvalue weighted by molar-refractivity contribution is 6.44. The van der Waals surface area contributed by atoms with Gasteiger partial charge >= 0.3 is 0 Å². The Labute approximate surface area is 173 Å². The van der Waals surface area contributed by atoms with Gasteiger partial charge in [0, 0.05) is 5.92 Å². The molecule has 0 aliphatic rings. The van der Waals surface area contributed by atoms with Crippen LogP contribution in [0.4, 0.5) is 0 Å². The molecule has 5 nitrogen and oxygen atoms in total. The lowest BCUT2D eigenvalue weighted by molar-refractivity contribution is -0.117. The lowest BCUT2D eigenvalue weighted by Gasteiger charge is -2.09. The van der Waals surface area contributed by atoms with E-state index in [1.54, 1.807) is 30.4 Å². The average Bonchev–Trinajstić information content (AvgIpc) is 2.70. The van der Waals surface area contributed by atoms with Crippen molar-refractivity contribution in [3.8, 4) is 5.75 Å². The molecule has 29 heavy (non-hydrogen) atoms. The van der Waals surface area contributed by atoms with Crippen LogP contribution in [-0.4, -0.2) is 30.1 Å². The molecule has 5 heteroatoms. The number of ketones is 2. The summed E-state index contributed by atoms with van der Waals surface area (Å²) in [7, 11) is 1.47. The molecule has 154 valence electrons. The molecular formula is C24H30N2O3. The number of Topliss-reactive ketones (excluding diaryl/α,β-unsaturated/α-hetero) is 1. The van der Waals surface area contributed by atoms with E-state index in [9.17, 15) is 9.59 Å². The summed E-state index contributed by atoms with van der Waals surface area (Å²) in [5.74, 6) is -0.133. The number of rotatable bonds is 12. The first-order valence-electron chi connectivity index (χ1n) is 9.60. The van der Waals surface area contributed by atoms with Crippen molar-refractivity contribution in [1.82, 2.24) is 0 Å². The number of carbonyl (C=O) groups is 2. The van der Waals surface area contributed by atoms with Crippen LogP contribution in [0, 0.1) is 16.7 Å². The Morgan fingerprint density at radius 3 is 2.52 bits per heavy atom. The Morgan fingerprint density at radius 2 is 1.93 bits per heavy atom. The van der Waals surface area contributed by atoms with Gasteiger partial charge in [-0.15, -0.1) is 0 Å². The average molecular weight is 395 g/mol. The molecule has 0 amide bonds. The summed E-state index contributed by atoms with van der Waals surface area (Å²) < 4.78 is 5.20. The van der Waals surface area contributed by atoms with Crippen molar-refractivity contribution in [2.45, 2.75) is 40.0 Å². The smallest absolute Gasteiger partial charge is 0.209 e. The zero-order chi connectivity index (χ0) is 22.0. The molecule has 1 atom stereocenters. The standard InChI is InChI=1S/C24H30N2O3/c1-6-8-21(26)16(2)9-7-10-17(3)22(27)13-11-19-12-14-23(29-5)20(15-19)24(28)18(4)25/h6,8,11-15,17,25-26H,2,7,9-10H2,1,3-5H3/b8-6+,13-11?,25-18?,26-21?. The maximum atomic E-state index is 12.4. The highest BCUT2D eigenvalue weighted by atomic mass is 16.5. The van der Waals surface area contributed by atoms with Crippen molar-refractivity contribution in [2.24, 2.45) is 5.92 Å². The Morgan fingerprint density at radius 1 is 1.24 bits per heavy atom. The van der Waals surface area contributed by atoms with Crippen molar-refractivity contribution in [1.29, 1.82) is 10.8 Å². The second kappa shape index (κ2) is 11.7. The van der Waals surface area contributed by atoms with E-state index in [2.05, 4.69) is 6.58 Å². The summed E-state index contributed by atoms with van der Waals surface area (Å²) in [4.78, 5) is 24.6. The number of benzene rings is 1. The fourth-order valence-electron chi connectivity index (χ4n) is 2.73. The van der Waals surface area contributed by atoms with E-state index in [4.69, 9.17) is 15.6 Å². The second-order valence-corrected chi connectivity index (χ2v) is 6.96. The molecule has 0 spiro atoms. The van der Waals surface area contributed by atoms with E-state index in [0.29, 0.717) is 35.4 Å².